The molecule has 0 unspecified atom stereocenters. The number of nitrogens with one attached hydrogen (secondary N) is 1. The van der Waals surface area contributed by atoms with Gasteiger partial charge >= 0.3 is 0 Å². The number of carbonyl (C=O) groups excluding carboxylic acids is 2. The number of likely N-dealkylation sites (tertiary alicyclic amines) is 1. The van der Waals surface area contributed by atoms with Crippen molar-refractivity contribution in [1.82, 2.24) is 14.7 Å². The molecule has 2 aromatic rings. The fourth-order valence-corrected chi connectivity index (χ4v) is 2.67. The van der Waals surface area contributed by atoms with Gasteiger partial charge in [-0.15, -0.1) is 0 Å². The average molecular weight is 302 g/mol. The van der Waals surface area contributed by atoms with Crippen LogP contribution in [0.1, 0.15) is 23.2 Å². The summed E-state index contributed by atoms with van der Waals surface area (Å²) in [6, 6.07) is 1.64. The maximum absolute atomic E-state index is 12.3. The van der Waals surface area contributed by atoms with Crippen molar-refractivity contribution in [2.24, 2.45) is 13.0 Å². The highest BCUT2D eigenvalue weighted by atomic mass is 16.3. The highest BCUT2D eigenvalue weighted by molar-refractivity contribution is 5.96. The van der Waals surface area contributed by atoms with Crippen LogP contribution in [0.5, 0.6) is 0 Å². The van der Waals surface area contributed by atoms with Crippen LogP contribution in [0.2, 0.25) is 0 Å². The average Bonchev–Trinajstić information content (AvgIpc) is 3.18. The van der Waals surface area contributed by atoms with Gasteiger partial charge in [0.25, 0.3) is 5.91 Å². The van der Waals surface area contributed by atoms with Gasteiger partial charge in [0, 0.05) is 26.3 Å². The predicted molar refractivity (Wildman–Crippen MR) is 79.2 cm³/mol. The third-order valence-corrected chi connectivity index (χ3v) is 3.82. The third kappa shape index (κ3) is 3.03. The highest BCUT2D eigenvalue weighted by Crippen LogP contribution is 2.20. The summed E-state index contributed by atoms with van der Waals surface area (Å²) in [4.78, 5) is 26.3. The molecule has 7 heteroatoms. The number of piperidine rings is 1. The smallest absolute Gasteiger partial charge is 0.257 e. The summed E-state index contributed by atoms with van der Waals surface area (Å²) in [6.07, 6.45) is 7.85. The van der Waals surface area contributed by atoms with Crippen molar-refractivity contribution in [3.05, 3.63) is 36.5 Å². The molecule has 0 radical (unpaired) electrons. The second-order valence-electron chi connectivity index (χ2n) is 5.49. The lowest BCUT2D eigenvalue weighted by atomic mass is 9.96. The highest BCUT2D eigenvalue weighted by Gasteiger charge is 2.29. The Bertz CT molecular complexity index is 662. The summed E-state index contributed by atoms with van der Waals surface area (Å²) in [6.45, 7) is 1.09. The van der Waals surface area contributed by atoms with Crippen LogP contribution >= 0.6 is 0 Å². The van der Waals surface area contributed by atoms with Crippen LogP contribution in [0.25, 0.3) is 0 Å². The Kier molecular flexibility index (Phi) is 3.95. The summed E-state index contributed by atoms with van der Waals surface area (Å²) >= 11 is 0. The van der Waals surface area contributed by atoms with E-state index in [-0.39, 0.29) is 17.7 Å². The Labute approximate surface area is 127 Å². The normalized spacial score (nSPS) is 18.2. The third-order valence-electron chi connectivity index (χ3n) is 3.82. The first-order valence-corrected chi connectivity index (χ1v) is 7.24. The van der Waals surface area contributed by atoms with Crippen molar-refractivity contribution < 1.29 is 14.0 Å². The molecule has 3 heterocycles. The summed E-state index contributed by atoms with van der Waals surface area (Å²) in [5, 5.41) is 6.87. The standard InChI is InChI=1S/C15H18N4O3/c1-18-9-13(7-16-18)17-14(20)11-3-2-5-19(8-11)15(21)12-4-6-22-10-12/h4,6-7,9-11H,2-3,5,8H2,1H3,(H,17,20)/t11-/m1/s1. The van der Waals surface area contributed by atoms with E-state index in [1.54, 1.807) is 35.1 Å². The van der Waals surface area contributed by atoms with E-state index in [0.717, 1.165) is 12.8 Å². The Morgan fingerprint density at radius 3 is 3.00 bits per heavy atom. The molecular weight excluding hydrogens is 284 g/mol. The molecule has 2 aromatic heterocycles. The molecule has 3 rings (SSSR count). The monoisotopic (exact) mass is 302 g/mol. The molecule has 1 aliphatic heterocycles. The molecule has 22 heavy (non-hydrogen) atoms. The van der Waals surface area contributed by atoms with Crippen LogP contribution in [0.3, 0.4) is 0 Å². The second kappa shape index (κ2) is 6.05. The fourth-order valence-electron chi connectivity index (χ4n) is 2.67. The Balaban J connectivity index is 1.62. The minimum absolute atomic E-state index is 0.0716. The lowest BCUT2D eigenvalue weighted by Gasteiger charge is -2.31. The molecule has 0 aromatic carbocycles. The number of aromatic nitrogens is 2. The lowest BCUT2D eigenvalue weighted by molar-refractivity contribution is -0.121. The molecule has 0 saturated carbocycles. The molecule has 7 nitrogen and oxygen atoms in total. The zero-order valence-corrected chi connectivity index (χ0v) is 12.4. The van der Waals surface area contributed by atoms with Crippen LogP contribution in [0.4, 0.5) is 5.69 Å². The molecule has 116 valence electrons. The molecule has 1 atom stereocenters. The first kappa shape index (κ1) is 14.4. The molecule has 2 amide bonds. The second-order valence-corrected chi connectivity index (χ2v) is 5.49. The Morgan fingerprint density at radius 1 is 1.45 bits per heavy atom. The number of rotatable bonds is 3. The van der Waals surface area contributed by atoms with Crippen LogP contribution in [0, 0.1) is 5.92 Å². The molecule has 0 bridgehead atoms. The number of nitrogens with zero attached hydrogens (tertiary/aromatic N) is 3. The van der Waals surface area contributed by atoms with Crippen LogP contribution in [-0.4, -0.2) is 39.6 Å². The molecule has 0 aliphatic carbocycles. The summed E-state index contributed by atoms with van der Waals surface area (Å²) in [7, 11) is 1.79. The van der Waals surface area contributed by atoms with Crippen molar-refractivity contribution in [3.63, 3.8) is 0 Å². The zero-order valence-electron chi connectivity index (χ0n) is 12.4. The molecular formula is C15H18N4O3. The first-order chi connectivity index (χ1) is 10.6. The summed E-state index contributed by atoms with van der Waals surface area (Å²) < 4.78 is 6.58. The minimum atomic E-state index is -0.204. The quantitative estimate of drug-likeness (QED) is 0.932. The fraction of sp³-hybridized carbons (Fsp3) is 0.400. The van der Waals surface area contributed by atoms with E-state index < -0.39 is 0 Å². The zero-order chi connectivity index (χ0) is 15.5. The number of amides is 2. The largest absolute Gasteiger partial charge is 0.472 e. The van der Waals surface area contributed by atoms with Gasteiger partial charge in [0.15, 0.2) is 0 Å². The summed E-state index contributed by atoms with van der Waals surface area (Å²) in [5.74, 6) is -0.366. The maximum Gasteiger partial charge on any atom is 0.257 e. The first-order valence-electron chi connectivity index (χ1n) is 7.24. The van der Waals surface area contributed by atoms with E-state index in [1.165, 1.54) is 12.5 Å². The molecule has 0 spiro atoms. The van der Waals surface area contributed by atoms with E-state index in [4.69, 9.17) is 4.42 Å². The number of anilines is 1. The van der Waals surface area contributed by atoms with Crippen molar-refractivity contribution in [3.8, 4) is 0 Å². The predicted octanol–water partition coefficient (Wildman–Crippen LogP) is 1.50. The molecule has 1 aliphatic rings. The van der Waals surface area contributed by atoms with E-state index >= 15 is 0 Å². The van der Waals surface area contributed by atoms with Gasteiger partial charge < -0.3 is 14.6 Å². The Morgan fingerprint density at radius 2 is 2.32 bits per heavy atom. The van der Waals surface area contributed by atoms with Gasteiger partial charge in [-0.05, 0) is 18.9 Å². The van der Waals surface area contributed by atoms with Gasteiger partial charge in [0.05, 0.1) is 29.6 Å². The number of carbonyl (C=O) groups is 2. The van der Waals surface area contributed by atoms with Gasteiger partial charge in [-0.25, -0.2) is 0 Å². The minimum Gasteiger partial charge on any atom is -0.472 e. The van der Waals surface area contributed by atoms with E-state index in [2.05, 4.69) is 10.4 Å². The number of aryl methyl sites for hydroxylation is 1. The SMILES string of the molecule is Cn1cc(NC(=O)[C@@H]2CCCN(C(=O)c3ccoc3)C2)cn1. The molecule has 1 fully saturated rings. The van der Waals surface area contributed by atoms with Crippen molar-refractivity contribution >= 4 is 17.5 Å². The van der Waals surface area contributed by atoms with Gasteiger partial charge in [-0.1, -0.05) is 0 Å². The van der Waals surface area contributed by atoms with Crippen LogP contribution in [-0.2, 0) is 11.8 Å². The Hall–Kier alpha value is -2.57. The van der Waals surface area contributed by atoms with Gasteiger partial charge in [-0.3, -0.25) is 14.3 Å². The van der Waals surface area contributed by atoms with Crippen molar-refractivity contribution in [2.45, 2.75) is 12.8 Å². The molecule has 1 N–H and O–H groups in total. The van der Waals surface area contributed by atoms with Gasteiger partial charge in [0.2, 0.25) is 5.91 Å². The van der Waals surface area contributed by atoms with Gasteiger partial charge in [0.1, 0.15) is 6.26 Å². The van der Waals surface area contributed by atoms with E-state index in [1.807, 2.05) is 0 Å². The number of furan rings is 1. The van der Waals surface area contributed by atoms with E-state index in [0.29, 0.717) is 24.3 Å². The topological polar surface area (TPSA) is 80.4 Å². The van der Waals surface area contributed by atoms with Crippen molar-refractivity contribution in [2.75, 3.05) is 18.4 Å². The van der Waals surface area contributed by atoms with E-state index in [9.17, 15) is 9.59 Å². The van der Waals surface area contributed by atoms with Gasteiger partial charge in [-0.2, -0.15) is 5.10 Å². The number of hydrogen-bond donors (Lipinski definition) is 1. The summed E-state index contributed by atoms with van der Waals surface area (Å²) in [5.41, 5.74) is 1.19. The maximum atomic E-state index is 12.3. The lowest BCUT2D eigenvalue weighted by Crippen LogP contribution is -2.43. The number of hydrogen-bond acceptors (Lipinski definition) is 4. The van der Waals surface area contributed by atoms with Crippen molar-refractivity contribution in [1.29, 1.82) is 0 Å². The van der Waals surface area contributed by atoms with Crippen LogP contribution in [0.15, 0.2) is 35.4 Å². The molecule has 1 saturated heterocycles. The van der Waals surface area contributed by atoms with Crippen LogP contribution < -0.4 is 5.32 Å².